The Labute approximate surface area is 96.9 Å². The summed E-state index contributed by atoms with van der Waals surface area (Å²) < 4.78 is 31.7. The third kappa shape index (κ3) is 2.82. The Morgan fingerprint density at radius 2 is 2.12 bits per heavy atom. The number of nitrogens with two attached hydrogens (primary N) is 1. The van der Waals surface area contributed by atoms with Gasteiger partial charge < -0.3 is 10.5 Å². The van der Waals surface area contributed by atoms with E-state index in [0.29, 0.717) is 0 Å². The van der Waals surface area contributed by atoms with E-state index in [-0.39, 0.29) is 29.8 Å². The van der Waals surface area contributed by atoms with Gasteiger partial charge in [0.2, 0.25) is 5.82 Å². The van der Waals surface area contributed by atoms with Crippen molar-refractivity contribution in [3.63, 3.8) is 0 Å². The maximum Gasteiger partial charge on any atom is 0.202 e. The number of hydrogen-bond donors (Lipinski definition) is 1. The highest BCUT2D eigenvalue weighted by molar-refractivity contribution is 6.28. The lowest BCUT2D eigenvalue weighted by Gasteiger charge is -2.06. The Balaban J connectivity index is 3.11. The number of benzene rings is 1. The molecule has 0 unspecified atom stereocenters. The van der Waals surface area contributed by atoms with Crippen molar-refractivity contribution in [2.24, 2.45) is 10.7 Å². The minimum absolute atomic E-state index is 0.0177. The van der Waals surface area contributed by atoms with Crippen LogP contribution in [0.1, 0.15) is 6.92 Å². The normalized spacial score (nSPS) is 11.6. The summed E-state index contributed by atoms with van der Waals surface area (Å²) in [5.74, 6) is -2.36. The molecule has 1 aromatic carbocycles. The summed E-state index contributed by atoms with van der Waals surface area (Å²) in [5.41, 5.74) is 5.12. The van der Waals surface area contributed by atoms with Crippen LogP contribution in [0.25, 0.3) is 0 Å². The summed E-state index contributed by atoms with van der Waals surface area (Å²) in [4.78, 5) is 3.63. The van der Waals surface area contributed by atoms with Crippen LogP contribution < -0.4 is 10.5 Å². The second-order valence-electron chi connectivity index (χ2n) is 2.88. The Kier molecular flexibility index (Phi) is 4.49. The number of halogens is 3. The van der Waals surface area contributed by atoms with Crippen LogP contribution in [-0.4, -0.2) is 18.3 Å². The van der Waals surface area contributed by atoms with Crippen molar-refractivity contribution < 1.29 is 13.5 Å². The van der Waals surface area contributed by atoms with Crippen molar-refractivity contribution in [2.45, 2.75) is 6.92 Å². The van der Waals surface area contributed by atoms with E-state index < -0.39 is 11.6 Å². The van der Waals surface area contributed by atoms with Gasteiger partial charge >= 0.3 is 0 Å². The van der Waals surface area contributed by atoms with E-state index in [4.69, 9.17) is 22.1 Å². The Hall–Kier alpha value is -1.36. The van der Waals surface area contributed by atoms with Crippen molar-refractivity contribution in [3.8, 4) is 5.75 Å². The Morgan fingerprint density at radius 1 is 1.44 bits per heavy atom. The molecule has 0 fully saturated rings. The van der Waals surface area contributed by atoms with Crippen LogP contribution in [0.4, 0.5) is 14.5 Å². The number of alkyl halides is 1. The van der Waals surface area contributed by atoms with Crippen molar-refractivity contribution in [2.75, 3.05) is 12.5 Å². The van der Waals surface area contributed by atoms with Crippen LogP contribution in [0.2, 0.25) is 0 Å². The molecule has 0 saturated carbocycles. The zero-order valence-corrected chi connectivity index (χ0v) is 9.39. The molecule has 0 aliphatic heterocycles. The van der Waals surface area contributed by atoms with Gasteiger partial charge in [-0.25, -0.2) is 9.38 Å². The summed E-state index contributed by atoms with van der Waals surface area (Å²) in [6.07, 6.45) is 0. The number of aliphatic imine (C=N–C) groups is 1. The molecule has 3 nitrogen and oxygen atoms in total. The van der Waals surface area contributed by atoms with Gasteiger partial charge in [-0.1, -0.05) is 0 Å². The minimum atomic E-state index is -1.10. The van der Waals surface area contributed by atoms with Gasteiger partial charge in [0.05, 0.1) is 12.5 Å². The first-order chi connectivity index (χ1) is 7.60. The molecule has 0 bridgehead atoms. The van der Waals surface area contributed by atoms with Crippen LogP contribution in [0.5, 0.6) is 5.75 Å². The first-order valence-corrected chi connectivity index (χ1v) is 5.13. The number of nitrogens with zero attached hydrogens (tertiary/aromatic N) is 1. The predicted octanol–water partition coefficient (Wildman–Crippen LogP) is 2.59. The molecule has 0 aliphatic rings. The first kappa shape index (κ1) is 12.7. The van der Waals surface area contributed by atoms with E-state index in [0.717, 1.165) is 0 Å². The van der Waals surface area contributed by atoms with Gasteiger partial charge in [-0.15, -0.1) is 11.6 Å². The molecule has 1 rings (SSSR count). The van der Waals surface area contributed by atoms with Crippen LogP contribution in [-0.2, 0) is 0 Å². The topological polar surface area (TPSA) is 47.6 Å². The van der Waals surface area contributed by atoms with Crippen LogP contribution in [0, 0.1) is 11.6 Å². The van der Waals surface area contributed by atoms with E-state index in [2.05, 4.69) is 4.99 Å². The largest absolute Gasteiger partial charge is 0.491 e. The molecular formula is C10H11ClF2N2O. The summed E-state index contributed by atoms with van der Waals surface area (Å²) in [6.45, 7) is 1.93. The third-order valence-corrected chi connectivity index (χ3v) is 2.00. The molecule has 0 aromatic heterocycles. The van der Waals surface area contributed by atoms with Crippen molar-refractivity contribution >= 4 is 23.1 Å². The molecule has 0 spiro atoms. The van der Waals surface area contributed by atoms with Gasteiger partial charge in [-0.3, -0.25) is 0 Å². The lowest BCUT2D eigenvalue weighted by Crippen LogP contribution is -2.12. The number of ether oxygens (including phenoxy) is 1. The second-order valence-corrected chi connectivity index (χ2v) is 3.15. The standard InChI is InChI=1S/C10H11ClF2N2O/c1-2-16-7-4-3-6(9(12)10(7)13)15-8(14)5-11/h3-4H,2,5H2,1H3,(H2,14,15). The third-order valence-electron chi connectivity index (χ3n) is 1.73. The zero-order chi connectivity index (χ0) is 12.1. The summed E-state index contributed by atoms with van der Waals surface area (Å²) in [5, 5.41) is 0. The highest BCUT2D eigenvalue weighted by Gasteiger charge is 2.13. The van der Waals surface area contributed by atoms with E-state index in [1.54, 1.807) is 6.92 Å². The summed E-state index contributed by atoms with van der Waals surface area (Å²) >= 11 is 5.38. The number of hydrogen-bond acceptors (Lipinski definition) is 2. The van der Waals surface area contributed by atoms with Crippen molar-refractivity contribution in [1.82, 2.24) is 0 Å². The van der Waals surface area contributed by atoms with Crippen LogP contribution in [0.15, 0.2) is 17.1 Å². The SMILES string of the molecule is CCOc1ccc(N=C(N)CCl)c(F)c1F. The van der Waals surface area contributed by atoms with E-state index in [1.165, 1.54) is 12.1 Å². The summed E-state index contributed by atoms with van der Waals surface area (Å²) in [7, 11) is 0. The highest BCUT2D eigenvalue weighted by atomic mass is 35.5. The lowest BCUT2D eigenvalue weighted by molar-refractivity contribution is 0.314. The average molecular weight is 249 g/mol. The molecule has 16 heavy (non-hydrogen) atoms. The Morgan fingerprint density at radius 3 is 2.69 bits per heavy atom. The minimum Gasteiger partial charge on any atom is -0.491 e. The highest BCUT2D eigenvalue weighted by Crippen LogP contribution is 2.27. The van der Waals surface area contributed by atoms with Gasteiger partial charge in [0.15, 0.2) is 11.6 Å². The quantitative estimate of drug-likeness (QED) is 0.506. The maximum absolute atomic E-state index is 13.4. The maximum atomic E-state index is 13.4. The molecular weight excluding hydrogens is 238 g/mol. The smallest absolute Gasteiger partial charge is 0.202 e. The van der Waals surface area contributed by atoms with E-state index in [9.17, 15) is 8.78 Å². The van der Waals surface area contributed by atoms with Gasteiger partial charge in [0.1, 0.15) is 11.5 Å². The van der Waals surface area contributed by atoms with Gasteiger partial charge in [-0.2, -0.15) is 4.39 Å². The fourth-order valence-corrected chi connectivity index (χ4v) is 1.12. The van der Waals surface area contributed by atoms with Crippen molar-refractivity contribution in [1.29, 1.82) is 0 Å². The van der Waals surface area contributed by atoms with Crippen molar-refractivity contribution in [3.05, 3.63) is 23.8 Å². The van der Waals surface area contributed by atoms with Crippen LogP contribution in [0.3, 0.4) is 0 Å². The fraction of sp³-hybridized carbons (Fsp3) is 0.300. The van der Waals surface area contributed by atoms with E-state index >= 15 is 0 Å². The second kappa shape index (κ2) is 5.65. The predicted molar refractivity (Wildman–Crippen MR) is 59.5 cm³/mol. The van der Waals surface area contributed by atoms with E-state index in [1.807, 2.05) is 0 Å². The number of rotatable bonds is 4. The summed E-state index contributed by atoms with van der Waals surface area (Å²) in [6, 6.07) is 2.57. The Bertz CT molecular complexity index is 410. The number of amidine groups is 1. The monoisotopic (exact) mass is 248 g/mol. The average Bonchev–Trinajstić information content (AvgIpc) is 2.28. The lowest BCUT2D eigenvalue weighted by atomic mass is 10.2. The van der Waals surface area contributed by atoms with Gasteiger partial charge in [0, 0.05) is 0 Å². The molecule has 0 saturated heterocycles. The van der Waals surface area contributed by atoms with Gasteiger partial charge in [0.25, 0.3) is 0 Å². The molecule has 0 radical (unpaired) electrons. The first-order valence-electron chi connectivity index (χ1n) is 4.60. The molecule has 6 heteroatoms. The molecule has 0 atom stereocenters. The van der Waals surface area contributed by atoms with Crippen LogP contribution >= 0.6 is 11.6 Å². The molecule has 2 N–H and O–H groups in total. The molecule has 0 aliphatic carbocycles. The molecule has 0 heterocycles. The molecule has 0 amide bonds. The zero-order valence-electron chi connectivity index (χ0n) is 8.64. The molecule has 1 aromatic rings. The van der Waals surface area contributed by atoms with Gasteiger partial charge in [-0.05, 0) is 19.1 Å². The fourth-order valence-electron chi connectivity index (χ4n) is 1.06. The molecule has 88 valence electrons.